The number of nitrogens with zero attached hydrogens (tertiary/aromatic N) is 1. The van der Waals surface area contributed by atoms with Gasteiger partial charge in [0, 0.05) is 24.7 Å². The molecule has 0 saturated carbocycles. The maximum Gasteiger partial charge on any atom is 0.409 e. The minimum Gasteiger partial charge on any atom is -0.453 e. The van der Waals surface area contributed by atoms with Crippen LogP contribution in [0.1, 0.15) is 12.8 Å². The van der Waals surface area contributed by atoms with E-state index >= 15 is 0 Å². The van der Waals surface area contributed by atoms with Crippen LogP contribution in [0.3, 0.4) is 0 Å². The Morgan fingerprint density at radius 3 is 2.48 bits per heavy atom. The lowest BCUT2D eigenvalue weighted by molar-refractivity contribution is -0.121. The lowest BCUT2D eigenvalue weighted by Crippen LogP contribution is -2.41. The first-order chi connectivity index (χ1) is 10.0. The fraction of sp³-hybridized carbons (Fsp3) is 0.429. The molecule has 1 heterocycles. The topological polar surface area (TPSA) is 58.6 Å². The van der Waals surface area contributed by atoms with Crippen molar-refractivity contribution in [3.8, 4) is 0 Å². The summed E-state index contributed by atoms with van der Waals surface area (Å²) in [7, 11) is 1.35. The van der Waals surface area contributed by atoms with E-state index in [2.05, 4.69) is 10.1 Å². The molecule has 7 heteroatoms. The molecule has 2 amide bonds. The molecule has 0 bridgehead atoms. The standard InChI is InChI=1S/C14H16Cl2N2O3/c1-21-14(20)18-6-4-9(5-7-18)13(19)17-10-2-3-11(15)12(16)8-10/h2-3,8-9H,4-7H2,1H3,(H,17,19). The van der Waals surface area contributed by atoms with E-state index in [0.29, 0.717) is 41.7 Å². The number of hydrogen-bond acceptors (Lipinski definition) is 3. The Morgan fingerprint density at radius 2 is 1.90 bits per heavy atom. The number of carbonyl (C=O) groups excluding carboxylic acids is 2. The number of amides is 2. The van der Waals surface area contributed by atoms with Crippen molar-refractivity contribution in [2.45, 2.75) is 12.8 Å². The first-order valence-corrected chi connectivity index (χ1v) is 7.35. The second kappa shape index (κ2) is 7.00. The SMILES string of the molecule is COC(=O)N1CCC(C(=O)Nc2ccc(Cl)c(Cl)c2)CC1. The normalized spacial score (nSPS) is 15.7. The van der Waals surface area contributed by atoms with Gasteiger partial charge in [-0.05, 0) is 31.0 Å². The first kappa shape index (κ1) is 15.9. The number of piperidine rings is 1. The summed E-state index contributed by atoms with van der Waals surface area (Å²) in [4.78, 5) is 25.2. The Bertz CT molecular complexity index is 543. The maximum atomic E-state index is 12.2. The van der Waals surface area contributed by atoms with Gasteiger partial charge in [0.15, 0.2) is 0 Å². The number of methoxy groups -OCH3 is 1. The van der Waals surface area contributed by atoms with Crippen molar-refractivity contribution in [2.24, 2.45) is 5.92 Å². The van der Waals surface area contributed by atoms with Crippen LogP contribution in [0.4, 0.5) is 10.5 Å². The van der Waals surface area contributed by atoms with Crippen LogP contribution >= 0.6 is 23.2 Å². The molecule has 0 aliphatic carbocycles. The number of ether oxygens (including phenoxy) is 1. The summed E-state index contributed by atoms with van der Waals surface area (Å²) in [6.07, 6.45) is 0.878. The minimum absolute atomic E-state index is 0.0714. The molecule has 0 unspecified atom stereocenters. The van der Waals surface area contributed by atoms with E-state index < -0.39 is 0 Å². The van der Waals surface area contributed by atoms with Gasteiger partial charge in [-0.1, -0.05) is 23.2 Å². The number of halogens is 2. The zero-order chi connectivity index (χ0) is 15.4. The molecule has 2 rings (SSSR count). The highest BCUT2D eigenvalue weighted by atomic mass is 35.5. The summed E-state index contributed by atoms with van der Waals surface area (Å²) in [5.74, 6) is -0.196. The number of benzene rings is 1. The van der Waals surface area contributed by atoms with Crippen LogP contribution in [0.2, 0.25) is 10.0 Å². The van der Waals surface area contributed by atoms with Gasteiger partial charge in [-0.25, -0.2) is 4.79 Å². The minimum atomic E-state index is -0.349. The summed E-state index contributed by atoms with van der Waals surface area (Å²) in [6, 6.07) is 4.96. The monoisotopic (exact) mass is 330 g/mol. The molecule has 114 valence electrons. The molecule has 1 aliphatic heterocycles. The van der Waals surface area contributed by atoms with Gasteiger partial charge in [0.05, 0.1) is 17.2 Å². The van der Waals surface area contributed by atoms with Gasteiger partial charge < -0.3 is 15.0 Å². The van der Waals surface area contributed by atoms with Crippen LogP contribution in [0.5, 0.6) is 0 Å². The second-order valence-electron chi connectivity index (χ2n) is 4.85. The largest absolute Gasteiger partial charge is 0.453 e. The summed E-state index contributed by atoms with van der Waals surface area (Å²) in [5.41, 5.74) is 0.616. The van der Waals surface area contributed by atoms with Gasteiger partial charge in [0.1, 0.15) is 0 Å². The molecular formula is C14H16Cl2N2O3. The van der Waals surface area contributed by atoms with Gasteiger partial charge in [-0.3, -0.25) is 4.79 Å². The van der Waals surface area contributed by atoms with Gasteiger partial charge in [0.2, 0.25) is 5.91 Å². The van der Waals surface area contributed by atoms with Crippen molar-refractivity contribution in [1.82, 2.24) is 4.90 Å². The third-order valence-electron chi connectivity index (χ3n) is 3.49. The predicted molar refractivity (Wildman–Crippen MR) is 81.8 cm³/mol. The number of rotatable bonds is 2. The zero-order valence-electron chi connectivity index (χ0n) is 11.6. The predicted octanol–water partition coefficient (Wildman–Crippen LogP) is 3.41. The smallest absolute Gasteiger partial charge is 0.409 e. The van der Waals surface area contributed by atoms with Crippen LogP contribution in [-0.4, -0.2) is 37.1 Å². The molecule has 0 spiro atoms. The van der Waals surface area contributed by atoms with Crippen LogP contribution in [0.25, 0.3) is 0 Å². The van der Waals surface area contributed by atoms with Gasteiger partial charge in [-0.2, -0.15) is 0 Å². The van der Waals surface area contributed by atoms with E-state index in [0.717, 1.165) is 0 Å². The van der Waals surface area contributed by atoms with Crippen LogP contribution in [-0.2, 0) is 9.53 Å². The highest BCUT2D eigenvalue weighted by Crippen LogP contribution is 2.26. The molecule has 1 N–H and O–H groups in total. The molecule has 1 aromatic carbocycles. The lowest BCUT2D eigenvalue weighted by Gasteiger charge is -2.30. The van der Waals surface area contributed by atoms with Crippen molar-refractivity contribution < 1.29 is 14.3 Å². The van der Waals surface area contributed by atoms with Crippen LogP contribution < -0.4 is 5.32 Å². The number of likely N-dealkylation sites (tertiary alicyclic amines) is 1. The molecule has 1 aromatic rings. The molecule has 1 saturated heterocycles. The number of anilines is 1. The van der Waals surface area contributed by atoms with E-state index in [1.165, 1.54) is 7.11 Å². The summed E-state index contributed by atoms with van der Waals surface area (Å²) >= 11 is 11.7. The fourth-order valence-corrected chi connectivity index (χ4v) is 2.57. The third kappa shape index (κ3) is 4.02. The Morgan fingerprint density at radius 1 is 1.24 bits per heavy atom. The second-order valence-corrected chi connectivity index (χ2v) is 5.66. The average molecular weight is 331 g/mol. The Balaban J connectivity index is 1.90. The van der Waals surface area contributed by atoms with E-state index in [1.54, 1.807) is 23.1 Å². The van der Waals surface area contributed by atoms with E-state index in [9.17, 15) is 9.59 Å². The average Bonchev–Trinajstić information content (AvgIpc) is 2.50. The zero-order valence-corrected chi connectivity index (χ0v) is 13.1. The van der Waals surface area contributed by atoms with Crippen molar-refractivity contribution in [3.05, 3.63) is 28.2 Å². The van der Waals surface area contributed by atoms with Crippen molar-refractivity contribution in [3.63, 3.8) is 0 Å². The first-order valence-electron chi connectivity index (χ1n) is 6.60. The summed E-state index contributed by atoms with van der Waals surface area (Å²) < 4.78 is 4.66. The van der Waals surface area contributed by atoms with Crippen molar-refractivity contribution in [2.75, 3.05) is 25.5 Å². The Hall–Kier alpha value is -1.46. The Labute approximate surface area is 133 Å². The molecule has 0 atom stereocenters. The van der Waals surface area contributed by atoms with E-state index in [1.807, 2.05) is 0 Å². The van der Waals surface area contributed by atoms with Crippen LogP contribution in [0.15, 0.2) is 18.2 Å². The quantitative estimate of drug-likeness (QED) is 0.903. The van der Waals surface area contributed by atoms with E-state index in [-0.39, 0.29) is 17.9 Å². The summed E-state index contributed by atoms with van der Waals surface area (Å²) in [6.45, 7) is 1.04. The van der Waals surface area contributed by atoms with Gasteiger partial charge >= 0.3 is 6.09 Å². The summed E-state index contributed by atoms with van der Waals surface area (Å²) in [5, 5.41) is 3.66. The fourth-order valence-electron chi connectivity index (χ4n) is 2.27. The molecule has 1 aliphatic rings. The number of nitrogens with one attached hydrogen (secondary N) is 1. The lowest BCUT2D eigenvalue weighted by atomic mass is 9.96. The van der Waals surface area contributed by atoms with Gasteiger partial charge in [-0.15, -0.1) is 0 Å². The molecule has 5 nitrogen and oxygen atoms in total. The highest BCUT2D eigenvalue weighted by molar-refractivity contribution is 6.42. The molecule has 1 fully saturated rings. The molecule has 0 radical (unpaired) electrons. The Kier molecular flexibility index (Phi) is 5.31. The van der Waals surface area contributed by atoms with Crippen molar-refractivity contribution >= 4 is 40.9 Å². The van der Waals surface area contributed by atoms with Gasteiger partial charge in [0.25, 0.3) is 0 Å². The molecule has 0 aromatic heterocycles. The van der Waals surface area contributed by atoms with Crippen molar-refractivity contribution in [1.29, 1.82) is 0 Å². The molecular weight excluding hydrogens is 315 g/mol. The third-order valence-corrected chi connectivity index (χ3v) is 4.22. The van der Waals surface area contributed by atoms with Crippen LogP contribution in [0, 0.1) is 5.92 Å². The number of hydrogen-bond donors (Lipinski definition) is 1. The highest BCUT2D eigenvalue weighted by Gasteiger charge is 2.27. The molecule has 21 heavy (non-hydrogen) atoms. The van der Waals surface area contributed by atoms with E-state index in [4.69, 9.17) is 23.2 Å². The maximum absolute atomic E-state index is 12.2. The number of carbonyl (C=O) groups is 2.